The van der Waals surface area contributed by atoms with Crippen molar-refractivity contribution in [2.75, 3.05) is 6.54 Å². The van der Waals surface area contributed by atoms with Gasteiger partial charge in [-0.25, -0.2) is 4.79 Å². The van der Waals surface area contributed by atoms with Gasteiger partial charge in [0, 0.05) is 12.5 Å². The lowest BCUT2D eigenvalue weighted by Crippen LogP contribution is -2.55. The van der Waals surface area contributed by atoms with Crippen LogP contribution in [0.2, 0.25) is 0 Å². The number of alkyl carbamates (subject to hydrolysis) is 1. The Kier molecular flexibility index (Phi) is 11.2. The Morgan fingerprint density at radius 1 is 1.14 bits per heavy atom. The maximum absolute atomic E-state index is 13.0. The lowest BCUT2D eigenvalue weighted by Gasteiger charge is -2.30. The van der Waals surface area contributed by atoms with E-state index in [1.54, 1.807) is 0 Å². The Morgan fingerprint density at radius 2 is 1.80 bits per heavy atom. The number of aliphatic hydroxyl groups excluding tert-OH is 1. The molecule has 1 unspecified atom stereocenters. The van der Waals surface area contributed by atoms with Crippen molar-refractivity contribution in [3.8, 4) is 0 Å². The quantitative estimate of drug-likeness (QED) is 0.242. The highest BCUT2D eigenvalue weighted by Crippen LogP contribution is 2.29. The van der Waals surface area contributed by atoms with Crippen LogP contribution in [0.1, 0.15) is 78.6 Å². The largest absolute Gasteiger partial charge is 0.446 e. The zero-order valence-corrected chi connectivity index (χ0v) is 21.7. The first kappa shape index (κ1) is 29.3. The van der Waals surface area contributed by atoms with Gasteiger partial charge in [-0.15, -0.1) is 0 Å². The van der Waals surface area contributed by atoms with Gasteiger partial charge in [0.2, 0.25) is 17.3 Å². The molecule has 2 fully saturated rings. The van der Waals surface area contributed by atoms with Gasteiger partial charge in [-0.05, 0) is 56.8 Å². The summed E-state index contributed by atoms with van der Waals surface area (Å²) >= 11 is 0. The monoisotopic (exact) mass is 519 g/mol. The number of aliphatic hydroxyl groups is 1. The maximum atomic E-state index is 13.0. The van der Waals surface area contributed by atoms with Crippen LogP contribution in [0, 0.1) is 17.8 Å². The molecule has 0 aromatic rings. The summed E-state index contributed by atoms with van der Waals surface area (Å²) in [5.74, 6) is -1.02. The van der Waals surface area contributed by atoms with Crippen molar-refractivity contribution in [1.82, 2.24) is 16.0 Å². The smallest absolute Gasteiger partial charge is 0.408 e. The van der Waals surface area contributed by atoms with Crippen molar-refractivity contribution in [1.29, 1.82) is 0 Å². The minimum atomic E-state index is -4.91. The Hall–Kier alpha value is -1.92. The van der Waals surface area contributed by atoms with Crippen LogP contribution in [0.15, 0.2) is 0 Å². The molecule has 1 heterocycles. The fourth-order valence-electron chi connectivity index (χ4n) is 4.89. The fraction of sp³-hybridized carbons (Fsp3) is 0.870. The lowest BCUT2D eigenvalue weighted by molar-refractivity contribution is -0.126. The number of nitrogens with one attached hydrogen (secondary N) is 3. The molecule has 35 heavy (non-hydrogen) atoms. The van der Waals surface area contributed by atoms with Crippen LogP contribution in [0.3, 0.4) is 0 Å². The highest BCUT2D eigenvalue weighted by atomic mass is 32.2. The van der Waals surface area contributed by atoms with Crippen molar-refractivity contribution in [2.45, 2.75) is 102 Å². The zero-order chi connectivity index (χ0) is 26.2. The average Bonchev–Trinajstić information content (AvgIpc) is 3.17. The van der Waals surface area contributed by atoms with Gasteiger partial charge in [-0.2, -0.15) is 8.42 Å². The molecule has 0 bridgehead atoms. The Balaban J connectivity index is 2.03. The van der Waals surface area contributed by atoms with Crippen LogP contribution in [-0.2, 0) is 24.4 Å². The molecule has 11 nitrogen and oxygen atoms in total. The van der Waals surface area contributed by atoms with Gasteiger partial charge in [0.05, 0.1) is 6.04 Å². The predicted octanol–water partition coefficient (Wildman–Crippen LogP) is 1.70. The summed E-state index contributed by atoms with van der Waals surface area (Å²) in [6.07, 6.45) is 5.32. The first-order valence-electron chi connectivity index (χ1n) is 12.6. The third kappa shape index (κ3) is 9.57. The molecule has 202 valence electrons. The summed E-state index contributed by atoms with van der Waals surface area (Å²) in [4.78, 5) is 37.6. The first-order valence-corrected chi connectivity index (χ1v) is 14.1. The third-order valence-electron chi connectivity index (χ3n) is 6.76. The molecule has 4 atom stereocenters. The summed E-state index contributed by atoms with van der Waals surface area (Å²) in [6, 6.07) is -2.49. The molecule has 2 aliphatic rings. The summed E-state index contributed by atoms with van der Waals surface area (Å²) in [7, 11) is -4.91. The number of amides is 3. The second-order valence-electron chi connectivity index (χ2n) is 10.2. The first-order chi connectivity index (χ1) is 16.4. The Morgan fingerprint density at radius 3 is 2.31 bits per heavy atom. The highest BCUT2D eigenvalue weighted by Gasteiger charge is 2.38. The lowest BCUT2D eigenvalue weighted by atomic mass is 9.85. The Labute approximate surface area is 207 Å². The third-order valence-corrected chi connectivity index (χ3v) is 7.70. The molecule has 0 radical (unpaired) electrons. The van der Waals surface area contributed by atoms with Crippen LogP contribution in [0.5, 0.6) is 0 Å². The fourth-order valence-corrected chi connectivity index (χ4v) is 5.49. The second-order valence-corrected chi connectivity index (χ2v) is 11.7. The maximum Gasteiger partial charge on any atom is 0.408 e. The van der Waals surface area contributed by atoms with E-state index in [0.29, 0.717) is 18.9 Å². The van der Waals surface area contributed by atoms with Gasteiger partial charge < -0.3 is 25.8 Å². The molecule has 0 aromatic carbocycles. The van der Waals surface area contributed by atoms with Gasteiger partial charge in [0.15, 0.2) is 0 Å². The van der Waals surface area contributed by atoms with Crippen molar-refractivity contribution >= 4 is 28.0 Å². The highest BCUT2D eigenvalue weighted by molar-refractivity contribution is 7.86. The van der Waals surface area contributed by atoms with E-state index in [4.69, 9.17) is 4.74 Å². The van der Waals surface area contributed by atoms with Crippen LogP contribution in [0.25, 0.3) is 0 Å². The van der Waals surface area contributed by atoms with Crippen LogP contribution < -0.4 is 16.0 Å². The summed E-state index contributed by atoms with van der Waals surface area (Å²) in [6.45, 7) is 6.26. The normalized spacial score (nSPS) is 25.4. The van der Waals surface area contributed by atoms with E-state index < -0.39 is 45.6 Å². The van der Waals surface area contributed by atoms with Crippen LogP contribution >= 0.6 is 0 Å². The van der Waals surface area contributed by atoms with E-state index in [2.05, 4.69) is 22.9 Å². The van der Waals surface area contributed by atoms with Crippen LogP contribution in [-0.4, -0.2) is 66.2 Å². The molecule has 1 aliphatic heterocycles. The standard InChI is InChI=1S/C23H41N3O8S/c1-4-5-15-6-8-17(9-7-15)34-23(30)26-18(12-14(2)3)21(28)25-19(22(29)35(31,32)33)13-16-10-11-24-20(16)27/h14-19,22,29H,4-13H2,1-3H3,(H,24,27)(H,25,28)(H,26,30)(H,31,32,33)/t15?,16-,17?,18-,19-,22?/m0/s1. The van der Waals surface area contributed by atoms with Gasteiger partial charge in [0.25, 0.3) is 10.1 Å². The molecule has 3 amide bonds. The van der Waals surface area contributed by atoms with Crippen molar-refractivity contribution in [3.05, 3.63) is 0 Å². The summed E-state index contributed by atoms with van der Waals surface area (Å²) in [5, 5.41) is 17.8. The van der Waals surface area contributed by atoms with Crippen molar-refractivity contribution in [3.63, 3.8) is 0 Å². The molecule has 1 saturated carbocycles. The number of hydrogen-bond acceptors (Lipinski definition) is 7. The number of hydrogen-bond donors (Lipinski definition) is 5. The van der Waals surface area contributed by atoms with Crippen LogP contribution in [0.4, 0.5) is 4.79 Å². The number of carbonyl (C=O) groups excluding carboxylic acids is 3. The Bertz CT molecular complexity index is 827. The van der Waals surface area contributed by atoms with E-state index in [1.165, 1.54) is 0 Å². The predicted molar refractivity (Wildman–Crippen MR) is 129 cm³/mol. The second kappa shape index (κ2) is 13.4. The molecular weight excluding hydrogens is 478 g/mol. The van der Waals surface area contributed by atoms with Crippen molar-refractivity contribution < 1.29 is 37.2 Å². The minimum absolute atomic E-state index is 0.00101. The number of ether oxygens (including phenoxy) is 1. The average molecular weight is 520 g/mol. The molecule has 12 heteroatoms. The topological polar surface area (TPSA) is 171 Å². The molecule has 5 N–H and O–H groups in total. The van der Waals surface area contributed by atoms with Crippen molar-refractivity contribution in [2.24, 2.45) is 17.8 Å². The molecule has 0 aromatic heterocycles. The molecule has 1 saturated heterocycles. The molecular formula is C23H41N3O8S. The van der Waals surface area contributed by atoms with E-state index >= 15 is 0 Å². The van der Waals surface area contributed by atoms with Gasteiger partial charge >= 0.3 is 6.09 Å². The van der Waals surface area contributed by atoms with Gasteiger partial charge in [-0.3, -0.25) is 14.1 Å². The van der Waals surface area contributed by atoms with Gasteiger partial charge in [-0.1, -0.05) is 33.6 Å². The molecule has 1 aliphatic carbocycles. The van der Waals surface area contributed by atoms with E-state index in [0.717, 1.165) is 38.5 Å². The minimum Gasteiger partial charge on any atom is -0.446 e. The summed E-state index contributed by atoms with van der Waals surface area (Å²) < 4.78 is 38.1. The van der Waals surface area contributed by atoms with E-state index in [-0.39, 0.29) is 30.8 Å². The SMILES string of the molecule is CCCC1CCC(OC(=O)N[C@@H](CC(C)C)C(=O)N[C@@H](C[C@@H]2CCNC2=O)C(O)S(=O)(=O)O)CC1. The number of rotatable bonds is 12. The molecule has 2 rings (SSSR count). The molecule has 0 spiro atoms. The zero-order valence-electron chi connectivity index (χ0n) is 20.9. The summed E-state index contributed by atoms with van der Waals surface area (Å²) in [5.41, 5.74) is -2.31. The number of carbonyl (C=O) groups is 3. The van der Waals surface area contributed by atoms with Gasteiger partial charge in [0.1, 0.15) is 12.1 Å². The van der Waals surface area contributed by atoms with E-state index in [1.807, 2.05) is 13.8 Å². The van der Waals surface area contributed by atoms with E-state index in [9.17, 15) is 32.5 Å².